The van der Waals surface area contributed by atoms with Gasteiger partial charge in [0.2, 0.25) is 0 Å². The lowest BCUT2D eigenvalue weighted by Crippen LogP contribution is -2.40. The van der Waals surface area contributed by atoms with Gasteiger partial charge in [0.25, 0.3) is 0 Å². The molecule has 0 spiro atoms. The topological polar surface area (TPSA) is 78.9 Å². The van der Waals surface area contributed by atoms with Crippen LogP contribution in [0, 0.1) is 11.3 Å². The van der Waals surface area contributed by atoms with Crippen LogP contribution in [0.5, 0.6) is 0 Å². The molecule has 1 fully saturated rings. The summed E-state index contributed by atoms with van der Waals surface area (Å²) in [4.78, 5) is 10.4. The van der Waals surface area contributed by atoms with Crippen LogP contribution in [-0.2, 0) is 0 Å². The summed E-state index contributed by atoms with van der Waals surface area (Å²) in [5.41, 5.74) is 6.22. The van der Waals surface area contributed by atoms with Crippen LogP contribution >= 0.6 is 0 Å². The molecule has 1 saturated carbocycles. The second-order valence-corrected chi connectivity index (χ2v) is 5.11. The van der Waals surface area contributed by atoms with Crippen molar-refractivity contribution in [3.63, 3.8) is 0 Å². The van der Waals surface area contributed by atoms with Crippen molar-refractivity contribution in [3.05, 3.63) is 18.1 Å². The molecule has 5 nitrogen and oxygen atoms in total. The average Bonchev–Trinajstić information content (AvgIpc) is 2.38. The molecule has 1 aromatic heterocycles. The van der Waals surface area contributed by atoms with E-state index in [0.29, 0.717) is 17.5 Å². The number of nitrogens with two attached hydrogens (primary N) is 1. The zero-order valence-corrected chi connectivity index (χ0v) is 11.1. The lowest BCUT2D eigenvalue weighted by molar-refractivity contribution is 0.320. The minimum atomic E-state index is 0.0286. The average molecular weight is 247 g/mol. The van der Waals surface area contributed by atoms with Crippen molar-refractivity contribution in [3.8, 4) is 0 Å². The smallest absolute Gasteiger partial charge is 0.142 e. The normalized spacial score (nSPS) is 23.7. The number of nitrogen functional groups attached to an aromatic ring is 1. The molecule has 0 saturated heterocycles. The molecule has 1 aliphatic carbocycles. The van der Waals surface area contributed by atoms with E-state index in [1.165, 1.54) is 32.0 Å². The van der Waals surface area contributed by atoms with Gasteiger partial charge in [0.15, 0.2) is 0 Å². The van der Waals surface area contributed by atoms with E-state index in [1.54, 1.807) is 6.20 Å². The molecule has 2 unspecified atom stereocenters. The standard InChI is InChI=1S/C13H21N5/c1-9-5-3-4-6-11(9)18(2)13-10(12(14)15)7-16-8-17-13/h7-9,11H,3-6H2,1-2H3,(H3,14,15). The van der Waals surface area contributed by atoms with Crippen LogP contribution in [-0.4, -0.2) is 28.9 Å². The van der Waals surface area contributed by atoms with E-state index in [4.69, 9.17) is 11.1 Å². The highest BCUT2D eigenvalue weighted by Crippen LogP contribution is 2.30. The van der Waals surface area contributed by atoms with E-state index in [9.17, 15) is 0 Å². The molecule has 1 aliphatic rings. The van der Waals surface area contributed by atoms with Crippen molar-refractivity contribution in [2.75, 3.05) is 11.9 Å². The van der Waals surface area contributed by atoms with Gasteiger partial charge in [-0.05, 0) is 18.8 Å². The van der Waals surface area contributed by atoms with Crippen LogP contribution in [0.3, 0.4) is 0 Å². The lowest BCUT2D eigenvalue weighted by atomic mass is 9.85. The van der Waals surface area contributed by atoms with E-state index in [0.717, 1.165) is 5.82 Å². The minimum Gasteiger partial charge on any atom is -0.384 e. The Hall–Kier alpha value is -1.65. The van der Waals surface area contributed by atoms with Crippen LogP contribution in [0.15, 0.2) is 12.5 Å². The van der Waals surface area contributed by atoms with Gasteiger partial charge in [-0.15, -0.1) is 0 Å². The Morgan fingerprint density at radius 3 is 2.83 bits per heavy atom. The quantitative estimate of drug-likeness (QED) is 0.630. The first-order chi connectivity index (χ1) is 8.61. The Balaban J connectivity index is 2.27. The van der Waals surface area contributed by atoms with Crippen molar-refractivity contribution in [2.24, 2.45) is 11.7 Å². The van der Waals surface area contributed by atoms with Gasteiger partial charge in [-0.3, -0.25) is 5.41 Å². The molecular weight excluding hydrogens is 226 g/mol. The molecule has 0 radical (unpaired) electrons. The van der Waals surface area contributed by atoms with Gasteiger partial charge < -0.3 is 10.6 Å². The summed E-state index contributed by atoms with van der Waals surface area (Å²) in [6, 6.07) is 0.478. The van der Waals surface area contributed by atoms with Gasteiger partial charge in [-0.25, -0.2) is 9.97 Å². The van der Waals surface area contributed by atoms with Crippen molar-refractivity contribution in [2.45, 2.75) is 38.6 Å². The first-order valence-electron chi connectivity index (χ1n) is 6.48. The largest absolute Gasteiger partial charge is 0.384 e. The monoisotopic (exact) mass is 247 g/mol. The number of hydrogen-bond donors (Lipinski definition) is 2. The first-order valence-corrected chi connectivity index (χ1v) is 6.48. The second-order valence-electron chi connectivity index (χ2n) is 5.11. The maximum Gasteiger partial charge on any atom is 0.142 e. The zero-order valence-electron chi connectivity index (χ0n) is 11.1. The van der Waals surface area contributed by atoms with Crippen LogP contribution in [0.2, 0.25) is 0 Å². The summed E-state index contributed by atoms with van der Waals surface area (Å²) in [7, 11) is 2.04. The van der Waals surface area contributed by atoms with E-state index in [1.807, 2.05) is 7.05 Å². The predicted molar refractivity (Wildman–Crippen MR) is 72.9 cm³/mol. The summed E-state index contributed by atoms with van der Waals surface area (Å²) in [5, 5.41) is 7.60. The summed E-state index contributed by atoms with van der Waals surface area (Å²) in [6.45, 7) is 2.29. The summed E-state index contributed by atoms with van der Waals surface area (Å²) >= 11 is 0. The molecule has 5 heteroatoms. The summed E-state index contributed by atoms with van der Waals surface area (Å²) in [6.07, 6.45) is 8.16. The van der Waals surface area contributed by atoms with Gasteiger partial charge in [0.1, 0.15) is 18.0 Å². The number of hydrogen-bond acceptors (Lipinski definition) is 4. The Morgan fingerprint density at radius 2 is 2.17 bits per heavy atom. The van der Waals surface area contributed by atoms with Crippen LogP contribution in [0.1, 0.15) is 38.2 Å². The molecule has 0 aliphatic heterocycles. The van der Waals surface area contributed by atoms with Gasteiger partial charge in [-0.1, -0.05) is 19.8 Å². The molecule has 3 N–H and O–H groups in total. The molecular formula is C13H21N5. The highest BCUT2D eigenvalue weighted by molar-refractivity contribution is 5.99. The maximum absolute atomic E-state index is 7.60. The molecule has 0 amide bonds. The Morgan fingerprint density at radius 1 is 1.44 bits per heavy atom. The zero-order chi connectivity index (χ0) is 13.1. The minimum absolute atomic E-state index is 0.0286. The third kappa shape index (κ3) is 2.44. The third-order valence-corrected chi connectivity index (χ3v) is 3.88. The van der Waals surface area contributed by atoms with Crippen molar-refractivity contribution in [1.82, 2.24) is 9.97 Å². The van der Waals surface area contributed by atoms with Gasteiger partial charge in [0.05, 0.1) is 5.56 Å². The van der Waals surface area contributed by atoms with Gasteiger partial charge in [0, 0.05) is 19.3 Å². The highest BCUT2D eigenvalue weighted by Gasteiger charge is 2.27. The molecule has 98 valence electrons. The van der Waals surface area contributed by atoms with Crippen molar-refractivity contribution >= 4 is 11.7 Å². The van der Waals surface area contributed by atoms with Gasteiger partial charge in [-0.2, -0.15) is 0 Å². The van der Waals surface area contributed by atoms with E-state index < -0.39 is 0 Å². The molecule has 0 bridgehead atoms. The number of amidine groups is 1. The fourth-order valence-electron chi connectivity index (χ4n) is 2.82. The van der Waals surface area contributed by atoms with Crippen LogP contribution < -0.4 is 10.6 Å². The Labute approximate surface area is 108 Å². The third-order valence-electron chi connectivity index (χ3n) is 3.88. The second kappa shape index (κ2) is 5.33. The number of aromatic nitrogens is 2. The fourth-order valence-corrected chi connectivity index (χ4v) is 2.82. The lowest BCUT2D eigenvalue weighted by Gasteiger charge is -2.37. The maximum atomic E-state index is 7.60. The number of nitrogens with zero attached hydrogens (tertiary/aromatic N) is 3. The highest BCUT2D eigenvalue weighted by atomic mass is 15.2. The summed E-state index contributed by atoms with van der Waals surface area (Å²) < 4.78 is 0. The fraction of sp³-hybridized carbons (Fsp3) is 0.615. The van der Waals surface area contributed by atoms with Crippen molar-refractivity contribution < 1.29 is 0 Å². The van der Waals surface area contributed by atoms with E-state index in [-0.39, 0.29) is 5.84 Å². The number of anilines is 1. The molecule has 0 aromatic carbocycles. The molecule has 2 atom stereocenters. The molecule has 18 heavy (non-hydrogen) atoms. The number of nitrogens with one attached hydrogen (secondary N) is 1. The Bertz CT molecular complexity index is 431. The van der Waals surface area contributed by atoms with E-state index in [2.05, 4.69) is 21.8 Å². The van der Waals surface area contributed by atoms with Gasteiger partial charge >= 0.3 is 0 Å². The van der Waals surface area contributed by atoms with E-state index >= 15 is 0 Å². The SMILES string of the molecule is CC1CCCCC1N(C)c1ncncc1C(=N)N. The number of rotatable bonds is 3. The van der Waals surface area contributed by atoms with Crippen LogP contribution in [0.25, 0.3) is 0 Å². The van der Waals surface area contributed by atoms with Crippen LogP contribution in [0.4, 0.5) is 5.82 Å². The molecule has 1 heterocycles. The Kier molecular flexibility index (Phi) is 3.79. The molecule has 2 rings (SSSR count). The first kappa shape index (κ1) is 12.8. The predicted octanol–water partition coefficient (Wildman–Crippen LogP) is 1.78. The molecule has 1 aromatic rings. The van der Waals surface area contributed by atoms with Crippen molar-refractivity contribution in [1.29, 1.82) is 5.41 Å². The summed E-state index contributed by atoms with van der Waals surface area (Å²) in [5.74, 6) is 1.45.